The smallest absolute Gasteiger partial charge is 0.224 e. The number of aryl methyl sites for hydroxylation is 1. The normalized spacial score (nSPS) is 20.3. The third kappa shape index (κ3) is 3.17. The molecule has 0 unspecified atom stereocenters. The number of thiophene rings is 1. The van der Waals surface area contributed by atoms with Gasteiger partial charge >= 0.3 is 0 Å². The second-order valence-electron chi connectivity index (χ2n) is 6.26. The second-order valence-corrected chi connectivity index (χ2v) is 7.65. The van der Waals surface area contributed by atoms with Crippen LogP contribution in [0.2, 0.25) is 5.28 Å². The van der Waals surface area contributed by atoms with Gasteiger partial charge in [-0.15, -0.1) is 11.3 Å². The molecule has 2 atom stereocenters. The minimum Gasteiger partial charge on any atom is -0.467 e. The molecule has 0 saturated carbocycles. The molecular formula is C18H19ClN4OS. The van der Waals surface area contributed by atoms with Crippen molar-refractivity contribution in [2.24, 2.45) is 5.73 Å². The molecule has 0 saturated heterocycles. The van der Waals surface area contributed by atoms with Crippen molar-refractivity contribution in [3.63, 3.8) is 0 Å². The molecule has 4 rings (SSSR count). The molecule has 5 nitrogen and oxygen atoms in total. The first-order valence-electron chi connectivity index (χ1n) is 8.27. The first-order valence-corrected chi connectivity index (χ1v) is 9.46. The summed E-state index contributed by atoms with van der Waals surface area (Å²) in [5, 5.41) is 3.57. The van der Waals surface area contributed by atoms with Crippen LogP contribution in [-0.2, 0) is 6.54 Å². The van der Waals surface area contributed by atoms with Gasteiger partial charge in [0.25, 0.3) is 0 Å². The minimum absolute atomic E-state index is 0.139. The van der Waals surface area contributed by atoms with Crippen LogP contribution in [0, 0.1) is 6.92 Å². The lowest BCUT2D eigenvalue weighted by Gasteiger charge is -2.24. The zero-order chi connectivity index (χ0) is 17.4. The first-order chi connectivity index (χ1) is 12.1. The molecule has 3 heterocycles. The van der Waals surface area contributed by atoms with Gasteiger partial charge in [0.1, 0.15) is 11.6 Å². The van der Waals surface area contributed by atoms with Crippen molar-refractivity contribution < 1.29 is 4.42 Å². The summed E-state index contributed by atoms with van der Waals surface area (Å²) >= 11 is 7.88. The van der Waals surface area contributed by atoms with Crippen LogP contribution in [0.5, 0.6) is 0 Å². The fraction of sp³-hybridized carbons (Fsp3) is 0.333. The molecule has 0 radical (unpaired) electrons. The van der Waals surface area contributed by atoms with E-state index in [-0.39, 0.29) is 11.3 Å². The molecule has 1 aliphatic carbocycles. The number of fused-ring (bicyclic) bond motifs is 1. The van der Waals surface area contributed by atoms with Gasteiger partial charge in [0, 0.05) is 16.8 Å². The molecule has 3 N–H and O–H groups in total. The van der Waals surface area contributed by atoms with Gasteiger partial charge in [-0.2, -0.15) is 4.98 Å². The van der Waals surface area contributed by atoms with Crippen molar-refractivity contribution in [3.05, 3.63) is 52.0 Å². The first kappa shape index (κ1) is 16.6. The number of allylic oxidation sites excluding steroid dienone is 1. The Kier molecular flexibility index (Phi) is 4.50. The van der Waals surface area contributed by atoms with E-state index < -0.39 is 0 Å². The van der Waals surface area contributed by atoms with Crippen molar-refractivity contribution in [1.82, 2.24) is 9.97 Å². The Labute approximate surface area is 154 Å². The van der Waals surface area contributed by atoms with Crippen molar-refractivity contribution in [1.29, 1.82) is 0 Å². The maximum atomic E-state index is 6.36. The third-order valence-corrected chi connectivity index (χ3v) is 6.19. The van der Waals surface area contributed by atoms with E-state index in [1.165, 1.54) is 4.88 Å². The quantitative estimate of drug-likeness (QED) is 0.514. The maximum Gasteiger partial charge on any atom is 0.224 e. The molecule has 0 bridgehead atoms. The van der Waals surface area contributed by atoms with Crippen LogP contribution in [-0.4, -0.2) is 16.0 Å². The number of rotatable bonds is 4. The number of hydrogen-bond acceptors (Lipinski definition) is 6. The number of nitrogens with zero attached hydrogens (tertiary/aromatic N) is 2. The topological polar surface area (TPSA) is 77.0 Å². The lowest BCUT2D eigenvalue weighted by Crippen LogP contribution is -2.29. The molecule has 3 aromatic rings. The summed E-state index contributed by atoms with van der Waals surface area (Å²) in [7, 11) is 0. The number of hydrogen-bond donors (Lipinski definition) is 2. The zero-order valence-electron chi connectivity index (χ0n) is 13.8. The average molecular weight is 375 g/mol. The molecule has 0 aliphatic heterocycles. The monoisotopic (exact) mass is 374 g/mol. The lowest BCUT2D eigenvalue weighted by molar-refractivity contribution is 0.518. The minimum atomic E-state index is 0.139. The summed E-state index contributed by atoms with van der Waals surface area (Å²) in [6.45, 7) is 2.65. The van der Waals surface area contributed by atoms with E-state index in [1.807, 2.05) is 12.1 Å². The molecule has 130 valence electrons. The number of nitrogens with two attached hydrogens (primary N) is 1. The van der Waals surface area contributed by atoms with E-state index >= 15 is 0 Å². The van der Waals surface area contributed by atoms with Crippen LogP contribution in [0.3, 0.4) is 0 Å². The Bertz CT molecular complexity index is 919. The lowest BCUT2D eigenvalue weighted by atomic mass is 9.87. The molecule has 3 aromatic heterocycles. The van der Waals surface area contributed by atoms with E-state index in [4.69, 9.17) is 21.8 Å². The van der Waals surface area contributed by atoms with Gasteiger partial charge in [0.05, 0.1) is 23.0 Å². The van der Waals surface area contributed by atoms with Crippen LogP contribution in [0.1, 0.15) is 35.0 Å². The van der Waals surface area contributed by atoms with Crippen LogP contribution in [0.15, 0.2) is 35.0 Å². The molecule has 0 aromatic carbocycles. The number of nitrogens with one attached hydrogen (secondary N) is 1. The predicted octanol–water partition coefficient (Wildman–Crippen LogP) is 4.62. The van der Waals surface area contributed by atoms with E-state index in [2.05, 4.69) is 34.4 Å². The van der Waals surface area contributed by atoms with Gasteiger partial charge in [-0.25, -0.2) is 4.98 Å². The average Bonchev–Trinajstić information content (AvgIpc) is 3.22. The molecular weight excluding hydrogens is 356 g/mol. The highest BCUT2D eigenvalue weighted by Crippen LogP contribution is 2.42. The van der Waals surface area contributed by atoms with Crippen LogP contribution < -0.4 is 11.1 Å². The van der Waals surface area contributed by atoms with E-state index in [0.717, 1.165) is 40.2 Å². The maximum absolute atomic E-state index is 6.36. The summed E-state index contributed by atoms with van der Waals surface area (Å²) in [5.41, 5.74) is 8.42. The summed E-state index contributed by atoms with van der Waals surface area (Å²) < 4.78 is 6.39. The highest BCUT2D eigenvalue weighted by molar-refractivity contribution is 7.20. The Morgan fingerprint density at radius 3 is 2.96 bits per heavy atom. The van der Waals surface area contributed by atoms with Gasteiger partial charge in [0.15, 0.2) is 0 Å². The number of halogens is 1. The van der Waals surface area contributed by atoms with Crippen molar-refractivity contribution in [2.75, 3.05) is 5.32 Å². The Balaban J connectivity index is 1.73. The van der Waals surface area contributed by atoms with Gasteiger partial charge in [-0.1, -0.05) is 12.2 Å². The van der Waals surface area contributed by atoms with Gasteiger partial charge in [0.2, 0.25) is 5.28 Å². The number of aromatic nitrogens is 2. The van der Waals surface area contributed by atoms with E-state index in [1.54, 1.807) is 17.6 Å². The summed E-state index contributed by atoms with van der Waals surface area (Å²) in [5.74, 6) is 1.90. The molecule has 1 aliphatic rings. The zero-order valence-corrected chi connectivity index (χ0v) is 15.4. The Hall–Kier alpha value is -1.89. The second kappa shape index (κ2) is 6.78. The van der Waals surface area contributed by atoms with Gasteiger partial charge in [-0.05, 0) is 49.1 Å². The number of furan rings is 1. The SMILES string of the molecule is Cc1c([C@@H]2CC=CC[C@H]2N)sc2c(NCc3ccco3)nc(Cl)nc12. The molecule has 0 spiro atoms. The largest absolute Gasteiger partial charge is 0.467 e. The highest BCUT2D eigenvalue weighted by Gasteiger charge is 2.26. The summed E-state index contributed by atoms with van der Waals surface area (Å²) in [6, 6.07) is 3.93. The predicted molar refractivity (Wildman–Crippen MR) is 102 cm³/mol. The number of anilines is 1. The van der Waals surface area contributed by atoms with Gasteiger partial charge in [-0.3, -0.25) is 0 Å². The highest BCUT2D eigenvalue weighted by atomic mass is 35.5. The van der Waals surface area contributed by atoms with Crippen molar-refractivity contribution in [2.45, 2.75) is 38.3 Å². The van der Waals surface area contributed by atoms with Crippen LogP contribution in [0.4, 0.5) is 5.82 Å². The van der Waals surface area contributed by atoms with Crippen molar-refractivity contribution >= 4 is 39.0 Å². The standard InChI is InChI=1S/C18H19ClN4OS/c1-10-14-16(25-15(10)12-6-2-3-7-13(12)20)17(23-18(19)22-14)21-9-11-5-4-8-24-11/h2-5,8,12-13H,6-7,9,20H2,1H3,(H,21,22,23)/t12-,13-/m1/s1. The molecule has 0 amide bonds. The summed E-state index contributed by atoms with van der Waals surface area (Å²) in [4.78, 5) is 10.1. The van der Waals surface area contributed by atoms with E-state index in [9.17, 15) is 0 Å². The summed E-state index contributed by atoms with van der Waals surface area (Å²) in [6.07, 6.45) is 7.91. The molecule has 0 fully saturated rings. The van der Waals surface area contributed by atoms with Crippen LogP contribution >= 0.6 is 22.9 Å². The Morgan fingerprint density at radius 1 is 1.36 bits per heavy atom. The third-order valence-electron chi connectivity index (χ3n) is 4.60. The van der Waals surface area contributed by atoms with E-state index in [0.29, 0.717) is 12.5 Å². The van der Waals surface area contributed by atoms with Crippen molar-refractivity contribution in [3.8, 4) is 0 Å². The van der Waals surface area contributed by atoms with Gasteiger partial charge < -0.3 is 15.5 Å². The fourth-order valence-corrected chi connectivity index (χ4v) is 4.84. The van der Waals surface area contributed by atoms with Crippen LogP contribution in [0.25, 0.3) is 10.2 Å². The molecule has 25 heavy (non-hydrogen) atoms. The fourth-order valence-electron chi connectivity index (χ4n) is 3.27. The molecule has 7 heteroatoms. The Morgan fingerprint density at radius 2 is 2.20 bits per heavy atom.